The van der Waals surface area contributed by atoms with Crippen molar-refractivity contribution in [2.75, 3.05) is 14.2 Å². The van der Waals surface area contributed by atoms with Crippen LogP contribution in [0.5, 0.6) is 11.5 Å². The maximum atomic E-state index is 12.5. The Balaban J connectivity index is 1.96. The molecule has 3 aromatic rings. The average Bonchev–Trinajstić information content (AvgIpc) is 3.11. The molecule has 0 spiro atoms. The van der Waals surface area contributed by atoms with Crippen LogP contribution in [0.2, 0.25) is 0 Å². The third-order valence-electron chi connectivity index (χ3n) is 3.50. The largest absolute Gasteiger partial charge is 0.493 e. The van der Waals surface area contributed by atoms with E-state index in [1.54, 1.807) is 30.3 Å². The summed E-state index contributed by atoms with van der Waals surface area (Å²) in [5.74, 6) is 1.16. The van der Waals surface area contributed by atoms with Gasteiger partial charge in [-0.1, -0.05) is 17.4 Å². The molecule has 7 heteroatoms. The van der Waals surface area contributed by atoms with Crippen LogP contribution in [0.4, 0.5) is 0 Å². The van der Waals surface area contributed by atoms with E-state index in [9.17, 15) is 9.59 Å². The Morgan fingerprint density at radius 2 is 2.08 bits per heavy atom. The van der Waals surface area contributed by atoms with Gasteiger partial charge < -0.3 is 19.2 Å². The summed E-state index contributed by atoms with van der Waals surface area (Å²) < 4.78 is 15.4. The highest BCUT2D eigenvalue weighted by Crippen LogP contribution is 2.34. The zero-order valence-electron chi connectivity index (χ0n) is 13.1. The van der Waals surface area contributed by atoms with E-state index in [-0.39, 0.29) is 17.2 Å². The summed E-state index contributed by atoms with van der Waals surface area (Å²) in [4.78, 5) is 25.1. The summed E-state index contributed by atoms with van der Waals surface area (Å²) in [5.41, 5.74) is 0. The second-order valence-electron chi connectivity index (χ2n) is 4.93. The molecule has 0 bridgehead atoms. The molecule has 2 aromatic heterocycles. The van der Waals surface area contributed by atoms with Gasteiger partial charge in [-0.25, -0.2) is 0 Å². The van der Waals surface area contributed by atoms with Crippen molar-refractivity contribution >= 4 is 28.0 Å². The first kappa shape index (κ1) is 16.1. The summed E-state index contributed by atoms with van der Waals surface area (Å²) >= 11 is 0.867. The van der Waals surface area contributed by atoms with Crippen LogP contribution < -0.4 is 19.5 Å². The molecule has 0 aliphatic rings. The number of methoxy groups -OCH3 is 2. The van der Waals surface area contributed by atoms with Crippen molar-refractivity contribution in [3.8, 4) is 11.5 Å². The van der Waals surface area contributed by atoms with Crippen LogP contribution in [-0.4, -0.2) is 20.1 Å². The Labute approximate surface area is 141 Å². The van der Waals surface area contributed by atoms with E-state index in [0.717, 1.165) is 11.3 Å². The molecule has 1 amide bonds. The molecule has 1 aromatic carbocycles. The van der Waals surface area contributed by atoms with E-state index < -0.39 is 0 Å². The molecular weight excluding hydrogens is 330 g/mol. The van der Waals surface area contributed by atoms with Gasteiger partial charge in [-0.3, -0.25) is 9.59 Å². The molecule has 0 saturated carbocycles. The highest BCUT2D eigenvalue weighted by atomic mass is 32.1. The molecule has 3 rings (SSSR count). The van der Waals surface area contributed by atoms with Gasteiger partial charge in [0.25, 0.3) is 5.91 Å². The fourth-order valence-electron chi connectivity index (χ4n) is 2.37. The number of fused-ring (bicyclic) bond motifs is 1. The molecule has 2 heterocycles. The first-order chi connectivity index (χ1) is 11.6. The molecule has 124 valence electrons. The predicted molar refractivity (Wildman–Crippen MR) is 91.1 cm³/mol. The number of carbonyl (C=O) groups excluding carboxylic acids is 1. The lowest BCUT2D eigenvalue weighted by Gasteiger charge is -2.10. The molecule has 0 aliphatic carbocycles. The Hall–Kier alpha value is -2.80. The standard InChI is InChI=1S/C17H15NO5S/c1-21-12-6-5-10-8-13(24-17(20)14(10)15(12)22-2)16(19)18-9-11-4-3-7-23-11/h3-8H,9H2,1-2H3,(H,18,19). The Morgan fingerprint density at radius 3 is 2.75 bits per heavy atom. The number of hydrogen-bond donors (Lipinski definition) is 1. The molecule has 0 saturated heterocycles. The number of amides is 1. The summed E-state index contributed by atoms with van der Waals surface area (Å²) in [5, 5.41) is 3.76. The van der Waals surface area contributed by atoms with Crippen LogP contribution in [-0.2, 0) is 6.54 Å². The van der Waals surface area contributed by atoms with Gasteiger partial charge >= 0.3 is 0 Å². The summed E-state index contributed by atoms with van der Waals surface area (Å²) in [7, 11) is 2.99. The monoisotopic (exact) mass is 345 g/mol. The highest BCUT2D eigenvalue weighted by molar-refractivity contribution is 7.12. The van der Waals surface area contributed by atoms with Crippen LogP contribution in [0.1, 0.15) is 15.4 Å². The molecule has 0 aliphatic heterocycles. The van der Waals surface area contributed by atoms with Crippen LogP contribution >= 0.6 is 11.3 Å². The minimum absolute atomic E-state index is 0.258. The molecule has 0 fully saturated rings. The third-order valence-corrected chi connectivity index (χ3v) is 4.41. The summed E-state index contributed by atoms with van der Waals surface area (Å²) in [6.07, 6.45) is 1.54. The van der Waals surface area contributed by atoms with Crippen LogP contribution in [0.15, 0.2) is 45.8 Å². The molecule has 0 radical (unpaired) electrons. The van der Waals surface area contributed by atoms with E-state index in [1.807, 2.05) is 0 Å². The van der Waals surface area contributed by atoms with Gasteiger partial charge in [-0.05, 0) is 29.7 Å². The van der Waals surface area contributed by atoms with Gasteiger partial charge in [0.05, 0.1) is 37.3 Å². The van der Waals surface area contributed by atoms with E-state index in [0.29, 0.717) is 32.9 Å². The SMILES string of the molecule is COc1ccc2cc(C(=O)NCc3ccco3)sc(=O)c2c1OC. The van der Waals surface area contributed by atoms with Crippen LogP contribution in [0, 0.1) is 0 Å². The Kier molecular flexibility index (Phi) is 4.52. The van der Waals surface area contributed by atoms with E-state index in [4.69, 9.17) is 13.9 Å². The lowest BCUT2D eigenvalue weighted by Crippen LogP contribution is -2.22. The van der Waals surface area contributed by atoms with Crippen molar-refractivity contribution in [2.45, 2.75) is 6.54 Å². The fraction of sp³-hybridized carbons (Fsp3) is 0.176. The number of benzene rings is 1. The van der Waals surface area contributed by atoms with Crippen molar-refractivity contribution in [1.82, 2.24) is 5.32 Å². The Bertz CT molecular complexity index is 930. The maximum absolute atomic E-state index is 12.5. The fourth-order valence-corrected chi connectivity index (χ4v) is 3.24. The number of ether oxygens (including phenoxy) is 2. The van der Waals surface area contributed by atoms with Crippen LogP contribution in [0.25, 0.3) is 10.8 Å². The normalized spacial score (nSPS) is 10.6. The van der Waals surface area contributed by atoms with Gasteiger partial charge in [0, 0.05) is 0 Å². The first-order valence-electron chi connectivity index (χ1n) is 7.13. The van der Waals surface area contributed by atoms with Crippen molar-refractivity contribution in [3.63, 3.8) is 0 Å². The van der Waals surface area contributed by atoms with Gasteiger partial charge in [-0.2, -0.15) is 0 Å². The lowest BCUT2D eigenvalue weighted by atomic mass is 10.1. The first-order valence-corrected chi connectivity index (χ1v) is 7.95. The average molecular weight is 345 g/mol. The van der Waals surface area contributed by atoms with Crippen molar-refractivity contribution in [1.29, 1.82) is 0 Å². The topological polar surface area (TPSA) is 77.8 Å². The Morgan fingerprint density at radius 1 is 1.25 bits per heavy atom. The van der Waals surface area contributed by atoms with Gasteiger partial charge in [0.2, 0.25) is 4.74 Å². The molecule has 0 unspecified atom stereocenters. The van der Waals surface area contributed by atoms with E-state index in [2.05, 4.69) is 5.32 Å². The number of nitrogens with one attached hydrogen (secondary N) is 1. The van der Waals surface area contributed by atoms with Crippen molar-refractivity contribution < 1.29 is 18.7 Å². The summed E-state index contributed by atoms with van der Waals surface area (Å²) in [6.45, 7) is 0.261. The molecule has 1 N–H and O–H groups in total. The van der Waals surface area contributed by atoms with Gasteiger partial charge in [0.1, 0.15) is 5.76 Å². The highest BCUT2D eigenvalue weighted by Gasteiger charge is 2.16. The van der Waals surface area contributed by atoms with Crippen molar-refractivity contribution in [3.05, 3.63) is 56.8 Å². The van der Waals surface area contributed by atoms with E-state index in [1.165, 1.54) is 20.5 Å². The maximum Gasteiger partial charge on any atom is 0.261 e. The zero-order valence-corrected chi connectivity index (χ0v) is 13.9. The van der Waals surface area contributed by atoms with E-state index >= 15 is 0 Å². The zero-order chi connectivity index (χ0) is 17.1. The van der Waals surface area contributed by atoms with Gasteiger partial charge in [-0.15, -0.1) is 0 Å². The minimum atomic E-state index is -0.329. The number of rotatable bonds is 5. The molecule has 6 nitrogen and oxygen atoms in total. The molecule has 0 atom stereocenters. The molecule has 24 heavy (non-hydrogen) atoms. The number of hydrogen-bond acceptors (Lipinski definition) is 6. The second kappa shape index (κ2) is 6.76. The minimum Gasteiger partial charge on any atom is -0.493 e. The second-order valence-corrected chi connectivity index (χ2v) is 5.94. The quantitative estimate of drug-likeness (QED) is 0.769. The number of carbonyl (C=O) groups is 1. The van der Waals surface area contributed by atoms with Crippen molar-refractivity contribution in [2.24, 2.45) is 0 Å². The third kappa shape index (κ3) is 2.98. The summed E-state index contributed by atoms with van der Waals surface area (Å²) in [6, 6.07) is 8.61. The van der Waals surface area contributed by atoms with Gasteiger partial charge in [0.15, 0.2) is 11.5 Å². The predicted octanol–water partition coefficient (Wildman–Crippen LogP) is 2.80. The van der Waals surface area contributed by atoms with Crippen LogP contribution in [0.3, 0.4) is 0 Å². The molecular formula is C17H15NO5S. The lowest BCUT2D eigenvalue weighted by molar-refractivity contribution is 0.0952. The smallest absolute Gasteiger partial charge is 0.261 e. The number of furan rings is 1.